The van der Waals surface area contributed by atoms with Gasteiger partial charge in [-0.05, 0) is 45.8 Å². The molecule has 0 spiro atoms. The molecule has 0 fully saturated rings. The first-order valence-corrected chi connectivity index (χ1v) is 11.1. The number of nitrogens with one attached hydrogen (secondary N) is 1. The molecule has 0 amide bonds. The lowest BCUT2D eigenvalue weighted by Crippen LogP contribution is -2.14. The van der Waals surface area contributed by atoms with Crippen molar-refractivity contribution in [3.63, 3.8) is 0 Å². The van der Waals surface area contributed by atoms with Gasteiger partial charge >= 0.3 is 0 Å². The highest BCUT2D eigenvalue weighted by molar-refractivity contribution is 9.10. The average molecular weight is 530 g/mol. The van der Waals surface area contributed by atoms with Gasteiger partial charge in [0.25, 0.3) is 10.0 Å². The van der Waals surface area contributed by atoms with Crippen LogP contribution in [-0.2, 0) is 16.6 Å². The maximum atomic E-state index is 12.7. The zero-order chi connectivity index (χ0) is 19.8. The molecule has 5 nitrogen and oxygen atoms in total. The molecule has 3 rings (SSSR count). The first kappa shape index (κ1) is 20.8. The fourth-order valence-corrected chi connectivity index (χ4v) is 4.91. The molecule has 0 bridgehead atoms. The molecule has 1 N–H and O–H groups in total. The van der Waals surface area contributed by atoms with Crippen LogP contribution in [0.25, 0.3) is 0 Å². The molecule has 0 aliphatic carbocycles. The van der Waals surface area contributed by atoms with E-state index >= 15 is 0 Å². The molecular weight excluding hydrogens is 520 g/mol. The largest absolute Gasteiger partial charge is 0.265 e. The summed E-state index contributed by atoms with van der Waals surface area (Å²) in [4.78, 5) is -0.197. The topological polar surface area (TPSA) is 64.0 Å². The number of hydrogen-bond donors (Lipinski definition) is 1. The van der Waals surface area contributed by atoms with E-state index in [1.165, 1.54) is 12.1 Å². The highest BCUT2D eigenvalue weighted by atomic mass is 79.9. The van der Waals surface area contributed by atoms with Gasteiger partial charge in [-0.15, -0.1) is 0 Å². The second-order valence-corrected chi connectivity index (χ2v) is 9.62. The summed E-state index contributed by atoms with van der Waals surface area (Å²) >= 11 is 26.9. The predicted octanol–water partition coefficient (Wildman–Crippen LogP) is 6.11. The number of hydrogen-bond acceptors (Lipinski definition) is 3. The van der Waals surface area contributed by atoms with Crippen molar-refractivity contribution in [2.24, 2.45) is 0 Å². The molecule has 142 valence electrons. The van der Waals surface area contributed by atoms with Crippen LogP contribution in [0, 0.1) is 0 Å². The number of rotatable bonds is 5. The second-order valence-electron chi connectivity index (χ2n) is 5.45. The van der Waals surface area contributed by atoms with E-state index < -0.39 is 10.0 Å². The molecule has 0 radical (unpaired) electrons. The fraction of sp³-hybridized carbons (Fsp3) is 0.0625. The normalized spacial score (nSPS) is 11.6. The highest BCUT2D eigenvalue weighted by Gasteiger charge is 2.22. The van der Waals surface area contributed by atoms with Crippen molar-refractivity contribution < 1.29 is 8.42 Å². The number of benzene rings is 2. The third-order valence-electron chi connectivity index (χ3n) is 3.47. The Kier molecular flexibility index (Phi) is 6.30. The molecular formula is C16H10BrCl4N3O2S. The Hall–Kier alpha value is -0.960. The van der Waals surface area contributed by atoms with Gasteiger partial charge in [0.15, 0.2) is 5.82 Å². The maximum Gasteiger partial charge on any atom is 0.264 e. The third-order valence-corrected chi connectivity index (χ3v) is 6.83. The summed E-state index contributed by atoms with van der Waals surface area (Å²) in [6, 6.07) is 9.71. The van der Waals surface area contributed by atoms with E-state index in [2.05, 4.69) is 25.8 Å². The molecule has 3 aromatic rings. The number of anilines is 1. The van der Waals surface area contributed by atoms with Gasteiger partial charge < -0.3 is 0 Å². The van der Waals surface area contributed by atoms with Gasteiger partial charge in [-0.25, -0.2) is 8.42 Å². The quantitative estimate of drug-likeness (QED) is 0.406. The first-order chi connectivity index (χ1) is 12.7. The van der Waals surface area contributed by atoms with E-state index in [9.17, 15) is 8.42 Å². The lowest BCUT2D eigenvalue weighted by atomic mass is 10.2. The van der Waals surface area contributed by atoms with Crippen LogP contribution in [0.4, 0.5) is 5.82 Å². The molecule has 2 aromatic carbocycles. The smallest absolute Gasteiger partial charge is 0.264 e. The van der Waals surface area contributed by atoms with Crippen LogP contribution < -0.4 is 4.72 Å². The summed E-state index contributed by atoms with van der Waals surface area (Å²) in [7, 11) is -4.02. The molecule has 1 aromatic heterocycles. The summed E-state index contributed by atoms with van der Waals surface area (Å²) in [6.45, 7) is 0.436. The maximum absolute atomic E-state index is 12.7. The van der Waals surface area contributed by atoms with E-state index in [0.29, 0.717) is 16.0 Å². The number of nitrogens with zero attached hydrogens (tertiary/aromatic N) is 2. The van der Waals surface area contributed by atoms with Gasteiger partial charge in [0.2, 0.25) is 0 Å². The minimum absolute atomic E-state index is 0.0476. The zero-order valence-electron chi connectivity index (χ0n) is 13.3. The highest BCUT2D eigenvalue weighted by Crippen LogP contribution is 2.33. The Morgan fingerprint density at radius 1 is 1.00 bits per heavy atom. The predicted molar refractivity (Wildman–Crippen MR) is 113 cm³/mol. The van der Waals surface area contributed by atoms with Gasteiger partial charge in [-0.1, -0.05) is 58.5 Å². The van der Waals surface area contributed by atoms with Gasteiger partial charge in [0, 0.05) is 11.2 Å². The minimum atomic E-state index is -4.02. The summed E-state index contributed by atoms with van der Waals surface area (Å²) in [5.74, 6) is 0.117. The van der Waals surface area contributed by atoms with E-state index in [0.717, 1.165) is 5.56 Å². The second kappa shape index (κ2) is 8.19. The van der Waals surface area contributed by atoms with Crippen LogP contribution in [0.5, 0.6) is 0 Å². The van der Waals surface area contributed by atoms with E-state index in [1.54, 1.807) is 23.0 Å². The van der Waals surface area contributed by atoms with Crippen molar-refractivity contribution >= 4 is 78.2 Å². The van der Waals surface area contributed by atoms with E-state index in [1.807, 2.05) is 12.1 Å². The van der Waals surface area contributed by atoms with Crippen molar-refractivity contribution in [3.05, 3.63) is 72.7 Å². The third kappa shape index (κ3) is 4.91. The van der Waals surface area contributed by atoms with Gasteiger partial charge in [0.1, 0.15) is 4.90 Å². The molecule has 0 saturated carbocycles. The van der Waals surface area contributed by atoms with Crippen molar-refractivity contribution in [1.29, 1.82) is 0 Å². The van der Waals surface area contributed by atoms with Crippen LogP contribution >= 0.6 is 62.3 Å². The molecule has 11 heteroatoms. The number of aromatic nitrogens is 2. The Morgan fingerprint density at radius 2 is 1.63 bits per heavy atom. The van der Waals surface area contributed by atoms with Crippen molar-refractivity contribution in [2.45, 2.75) is 11.4 Å². The summed E-state index contributed by atoms with van der Waals surface area (Å²) in [5, 5.41) is 5.08. The lowest BCUT2D eigenvalue weighted by Gasteiger charge is -2.09. The molecule has 0 atom stereocenters. The standard InChI is InChI=1S/C16H10BrCl4N3O2S/c17-11-8-24(7-9-1-3-10(18)4-2-9)22-16(11)23-27(25,26)15-6-13(20)12(19)5-14(15)21/h1-6,8H,7H2,(H,22,23). The summed E-state index contributed by atoms with van der Waals surface area (Å²) in [6.07, 6.45) is 1.66. The van der Waals surface area contributed by atoms with E-state index in [-0.39, 0.29) is 25.8 Å². The Morgan fingerprint density at radius 3 is 2.30 bits per heavy atom. The monoisotopic (exact) mass is 527 g/mol. The van der Waals surface area contributed by atoms with Crippen LogP contribution in [0.1, 0.15) is 5.56 Å². The summed E-state index contributed by atoms with van der Waals surface area (Å²) < 4.78 is 29.8. The Balaban J connectivity index is 1.86. The van der Waals surface area contributed by atoms with Gasteiger partial charge in [-0.2, -0.15) is 5.10 Å². The molecule has 0 aliphatic rings. The van der Waals surface area contributed by atoms with Gasteiger partial charge in [0.05, 0.1) is 26.1 Å². The van der Waals surface area contributed by atoms with Crippen LogP contribution in [-0.4, -0.2) is 18.2 Å². The number of halogens is 5. The minimum Gasteiger partial charge on any atom is -0.265 e. The average Bonchev–Trinajstić information content (AvgIpc) is 2.91. The fourth-order valence-electron chi connectivity index (χ4n) is 2.22. The molecule has 0 unspecified atom stereocenters. The zero-order valence-corrected chi connectivity index (χ0v) is 18.7. The van der Waals surface area contributed by atoms with Crippen molar-refractivity contribution in [1.82, 2.24) is 9.78 Å². The molecule has 1 heterocycles. The SMILES string of the molecule is O=S(=O)(Nc1nn(Cc2ccc(Cl)cc2)cc1Br)c1cc(Cl)c(Cl)cc1Cl. The number of sulfonamides is 1. The summed E-state index contributed by atoms with van der Waals surface area (Å²) in [5.41, 5.74) is 0.955. The first-order valence-electron chi connectivity index (χ1n) is 7.30. The molecule has 0 saturated heterocycles. The molecule has 0 aliphatic heterocycles. The lowest BCUT2D eigenvalue weighted by molar-refractivity contribution is 0.600. The Bertz CT molecular complexity index is 1100. The van der Waals surface area contributed by atoms with Crippen LogP contribution in [0.2, 0.25) is 20.1 Å². The Labute approximate surface area is 184 Å². The van der Waals surface area contributed by atoms with Crippen molar-refractivity contribution in [2.75, 3.05) is 4.72 Å². The van der Waals surface area contributed by atoms with Crippen LogP contribution in [0.15, 0.2) is 52.0 Å². The van der Waals surface area contributed by atoms with Crippen molar-refractivity contribution in [3.8, 4) is 0 Å². The van der Waals surface area contributed by atoms with Gasteiger partial charge in [-0.3, -0.25) is 9.40 Å². The van der Waals surface area contributed by atoms with Crippen LogP contribution in [0.3, 0.4) is 0 Å². The molecule has 27 heavy (non-hydrogen) atoms. The van der Waals surface area contributed by atoms with E-state index in [4.69, 9.17) is 46.4 Å².